The number of rotatable bonds is 10. The molecule has 34 heavy (non-hydrogen) atoms. The molecule has 3 aromatic carbocycles. The van der Waals surface area contributed by atoms with Crippen molar-refractivity contribution >= 4 is 52.1 Å². The Morgan fingerprint density at radius 2 is 1.15 bits per heavy atom. The Bertz CT molecular complexity index is 910. The molecule has 0 saturated carbocycles. The van der Waals surface area contributed by atoms with Gasteiger partial charge in [0.15, 0.2) is 0 Å². The van der Waals surface area contributed by atoms with E-state index < -0.39 is 12.9 Å². The van der Waals surface area contributed by atoms with Crippen LogP contribution in [0.15, 0.2) is 91.0 Å². The van der Waals surface area contributed by atoms with Crippen molar-refractivity contribution in [3.05, 3.63) is 91.0 Å². The van der Waals surface area contributed by atoms with E-state index in [1.807, 2.05) is 20.8 Å². The Hall–Kier alpha value is -1.91. The molecule has 0 aromatic heterocycles. The van der Waals surface area contributed by atoms with Crippen molar-refractivity contribution in [1.29, 1.82) is 0 Å². The number of carbonyl (C=O) groups excluding carboxylic acids is 1. The lowest BCUT2D eigenvalue weighted by atomic mass is 10.2. The van der Waals surface area contributed by atoms with E-state index in [1.54, 1.807) is 3.11 Å². The fourth-order valence-corrected chi connectivity index (χ4v) is 9.09. The normalized spacial score (nSPS) is 11.8. The van der Waals surface area contributed by atoms with Gasteiger partial charge in [0.1, 0.15) is 28.8 Å². The predicted octanol–water partition coefficient (Wildman–Crippen LogP) is 7.13. The SMILES string of the molecule is CC(C)(C)OC(=O)N(I)CCCCCC[P+](c1ccccc1)(c1ccccc1)c1ccccc1. The minimum Gasteiger partial charge on any atom is -0.443 e. The van der Waals surface area contributed by atoms with E-state index >= 15 is 0 Å². The first-order valence-electron chi connectivity index (χ1n) is 12.0. The van der Waals surface area contributed by atoms with Crippen molar-refractivity contribution in [2.45, 2.75) is 52.1 Å². The summed E-state index contributed by atoms with van der Waals surface area (Å²) in [4.78, 5) is 12.2. The Labute approximate surface area is 219 Å². The van der Waals surface area contributed by atoms with Crippen LogP contribution in [0.3, 0.4) is 0 Å². The maximum absolute atomic E-state index is 12.2. The number of halogens is 1. The van der Waals surface area contributed by atoms with Crippen LogP contribution in [0.25, 0.3) is 0 Å². The van der Waals surface area contributed by atoms with Crippen LogP contribution in [0, 0.1) is 0 Å². The third-order valence-electron chi connectivity index (χ3n) is 5.78. The van der Waals surface area contributed by atoms with Gasteiger partial charge in [-0.2, -0.15) is 0 Å². The van der Waals surface area contributed by atoms with Crippen molar-refractivity contribution in [2.75, 3.05) is 12.7 Å². The van der Waals surface area contributed by atoms with Crippen molar-refractivity contribution in [3.8, 4) is 0 Å². The molecule has 0 aliphatic heterocycles. The summed E-state index contributed by atoms with van der Waals surface area (Å²) in [5, 5.41) is 4.32. The van der Waals surface area contributed by atoms with Crippen LogP contribution in [0.2, 0.25) is 0 Å². The van der Waals surface area contributed by atoms with Crippen molar-refractivity contribution in [3.63, 3.8) is 0 Å². The highest BCUT2D eigenvalue weighted by atomic mass is 127. The second-order valence-corrected chi connectivity index (χ2v) is 14.3. The maximum Gasteiger partial charge on any atom is 0.419 e. The van der Waals surface area contributed by atoms with E-state index in [4.69, 9.17) is 4.74 Å². The quantitative estimate of drug-likeness (QED) is 0.109. The topological polar surface area (TPSA) is 29.5 Å². The van der Waals surface area contributed by atoms with Crippen LogP contribution < -0.4 is 15.9 Å². The lowest BCUT2D eigenvalue weighted by Gasteiger charge is -2.27. The molecule has 0 radical (unpaired) electrons. The summed E-state index contributed by atoms with van der Waals surface area (Å²) < 4.78 is 7.12. The number of hydrogen-bond acceptors (Lipinski definition) is 2. The third kappa shape index (κ3) is 7.29. The highest BCUT2D eigenvalue weighted by Gasteiger charge is 2.44. The van der Waals surface area contributed by atoms with Gasteiger partial charge in [-0.15, -0.1) is 0 Å². The van der Waals surface area contributed by atoms with Crippen LogP contribution in [0.4, 0.5) is 4.79 Å². The molecule has 5 heteroatoms. The molecule has 0 fully saturated rings. The molecule has 3 rings (SSSR count). The smallest absolute Gasteiger partial charge is 0.419 e. The number of ether oxygens (including phenoxy) is 1. The summed E-state index contributed by atoms with van der Waals surface area (Å²) in [6.07, 6.45) is 5.27. The number of nitrogens with zero attached hydrogens (tertiary/aromatic N) is 1. The van der Waals surface area contributed by atoms with E-state index in [0.717, 1.165) is 31.8 Å². The molecule has 3 nitrogen and oxygen atoms in total. The first-order chi connectivity index (χ1) is 16.3. The highest BCUT2D eigenvalue weighted by Crippen LogP contribution is 2.55. The zero-order valence-electron chi connectivity index (χ0n) is 20.5. The first kappa shape index (κ1) is 26.7. The van der Waals surface area contributed by atoms with Crippen LogP contribution in [-0.4, -0.2) is 27.5 Å². The molecule has 0 aliphatic carbocycles. The monoisotopic (exact) mass is 588 g/mol. The summed E-state index contributed by atoms with van der Waals surface area (Å²) in [7, 11) is -1.75. The molecule has 180 valence electrons. The van der Waals surface area contributed by atoms with Gasteiger partial charge in [0.2, 0.25) is 0 Å². The number of carbonyl (C=O) groups is 1. The van der Waals surface area contributed by atoms with Crippen LogP contribution in [0.5, 0.6) is 0 Å². The summed E-state index contributed by atoms with van der Waals surface area (Å²) in [6.45, 7) is 6.41. The van der Waals surface area contributed by atoms with Crippen LogP contribution >= 0.6 is 30.1 Å². The standard InChI is InChI=1S/C29H36INO2P/c1-29(2,3)33-28(32)31(30)23-15-4-5-16-24-34(25-17-9-6-10-18-25,26-19-11-7-12-20-26)27-21-13-8-14-22-27/h6-14,17-22H,4-5,15-16,23-24H2,1-3H3/q+1. The molecule has 0 N–H and O–H groups in total. The number of amides is 1. The molecular weight excluding hydrogens is 552 g/mol. The van der Waals surface area contributed by atoms with Gasteiger partial charge in [0.25, 0.3) is 0 Å². The summed E-state index contributed by atoms with van der Waals surface area (Å²) in [6, 6.07) is 33.2. The minimum absolute atomic E-state index is 0.254. The van der Waals surface area contributed by atoms with Crippen molar-refractivity contribution < 1.29 is 9.53 Å². The lowest BCUT2D eigenvalue weighted by Crippen LogP contribution is -2.33. The van der Waals surface area contributed by atoms with Gasteiger partial charge < -0.3 is 4.74 Å². The Morgan fingerprint density at radius 3 is 1.56 bits per heavy atom. The number of hydrogen-bond donors (Lipinski definition) is 0. The lowest BCUT2D eigenvalue weighted by molar-refractivity contribution is 0.0427. The first-order valence-corrected chi connectivity index (χ1v) is 15.0. The zero-order valence-corrected chi connectivity index (χ0v) is 23.5. The van der Waals surface area contributed by atoms with Crippen LogP contribution in [-0.2, 0) is 4.74 Å². The van der Waals surface area contributed by atoms with Crippen LogP contribution in [0.1, 0.15) is 46.5 Å². The summed E-state index contributed by atoms with van der Waals surface area (Å²) in [5.74, 6) is 0. The molecule has 0 spiro atoms. The molecule has 0 saturated heterocycles. The summed E-state index contributed by atoms with van der Waals surface area (Å²) >= 11 is 2.07. The van der Waals surface area contributed by atoms with Gasteiger partial charge in [0, 0.05) is 6.54 Å². The minimum atomic E-state index is -1.75. The zero-order chi connectivity index (χ0) is 24.4. The molecule has 0 heterocycles. The van der Waals surface area contributed by atoms with Gasteiger partial charge in [-0.3, -0.25) is 0 Å². The van der Waals surface area contributed by atoms with E-state index in [-0.39, 0.29) is 6.09 Å². The Balaban J connectivity index is 1.70. The second-order valence-electron chi connectivity index (χ2n) is 9.52. The highest BCUT2D eigenvalue weighted by molar-refractivity contribution is 14.1. The largest absolute Gasteiger partial charge is 0.443 e. The average Bonchev–Trinajstić information content (AvgIpc) is 2.84. The molecule has 0 bridgehead atoms. The summed E-state index contributed by atoms with van der Waals surface area (Å²) in [5.41, 5.74) is -0.458. The van der Waals surface area contributed by atoms with E-state index in [2.05, 4.69) is 114 Å². The molecule has 0 aliphatic rings. The molecule has 3 aromatic rings. The van der Waals surface area contributed by atoms with Gasteiger partial charge in [-0.1, -0.05) is 61.0 Å². The van der Waals surface area contributed by atoms with Crippen molar-refractivity contribution in [1.82, 2.24) is 3.11 Å². The Kier molecular flexibility index (Phi) is 9.97. The van der Waals surface area contributed by atoms with Crippen molar-refractivity contribution in [2.24, 2.45) is 0 Å². The second kappa shape index (κ2) is 12.7. The van der Waals surface area contributed by atoms with Gasteiger partial charge >= 0.3 is 6.09 Å². The fraction of sp³-hybridized carbons (Fsp3) is 0.345. The predicted molar refractivity (Wildman–Crippen MR) is 155 cm³/mol. The molecule has 1 amide bonds. The Morgan fingerprint density at radius 1 is 0.735 bits per heavy atom. The molecule has 0 unspecified atom stereocenters. The van der Waals surface area contributed by atoms with E-state index in [0.29, 0.717) is 6.54 Å². The number of unbranched alkanes of at least 4 members (excludes halogenated alkanes) is 3. The molecular formula is C29H36INO2P+. The van der Waals surface area contributed by atoms with E-state index in [1.165, 1.54) is 15.9 Å². The number of benzene rings is 3. The van der Waals surface area contributed by atoms with Gasteiger partial charge in [-0.25, -0.2) is 7.91 Å². The van der Waals surface area contributed by atoms with Gasteiger partial charge in [0.05, 0.1) is 29.0 Å². The average molecular weight is 588 g/mol. The van der Waals surface area contributed by atoms with E-state index in [9.17, 15) is 4.79 Å². The van der Waals surface area contributed by atoms with Gasteiger partial charge in [-0.05, 0) is 76.4 Å². The maximum atomic E-state index is 12.2. The third-order valence-corrected chi connectivity index (χ3v) is 11.2. The fourth-order valence-electron chi connectivity index (χ4n) is 4.24. The molecule has 0 atom stereocenters.